The van der Waals surface area contributed by atoms with Gasteiger partial charge in [0.05, 0.1) is 4.91 Å². The van der Waals surface area contributed by atoms with E-state index in [4.69, 9.17) is 17.3 Å². The monoisotopic (exact) mass is 373 g/mol. The average molecular weight is 373 g/mol. The zero-order chi connectivity index (χ0) is 18.1. The molecule has 0 radical (unpaired) electrons. The second-order valence-corrected chi connectivity index (χ2v) is 7.91. The summed E-state index contributed by atoms with van der Waals surface area (Å²) in [5.41, 5.74) is 4.79. The van der Waals surface area contributed by atoms with Crippen LogP contribution in [0.1, 0.15) is 43.7 Å². The minimum Gasteiger partial charge on any atom is -0.481 e. The van der Waals surface area contributed by atoms with Gasteiger partial charge >= 0.3 is 5.97 Å². The third-order valence-corrected chi connectivity index (χ3v) is 6.09. The zero-order valence-electron chi connectivity index (χ0n) is 14.1. The van der Waals surface area contributed by atoms with Crippen LogP contribution in [0.2, 0.25) is 0 Å². The highest BCUT2D eigenvalue weighted by molar-refractivity contribution is 8.26. The number of amides is 1. The van der Waals surface area contributed by atoms with Gasteiger partial charge in [-0.3, -0.25) is 14.5 Å². The normalized spacial score (nSPS) is 21.4. The number of benzene rings is 1. The number of carboxylic acid groups (broad SMARTS) is 1. The van der Waals surface area contributed by atoms with Gasteiger partial charge in [-0.25, -0.2) is 0 Å². The van der Waals surface area contributed by atoms with Crippen molar-refractivity contribution in [3.8, 4) is 0 Å². The third-order valence-electron chi connectivity index (χ3n) is 4.71. The molecule has 25 heavy (non-hydrogen) atoms. The van der Waals surface area contributed by atoms with Gasteiger partial charge in [-0.2, -0.15) is 0 Å². The van der Waals surface area contributed by atoms with E-state index in [-0.39, 0.29) is 12.3 Å². The molecule has 0 bridgehead atoms. The molecular weight excluding hydrogens is 354 g/mol. The standard InChI is InChI=1S/C19H19NO3S2/c1-11-12(2)15(14-7-4-3-6-13(11)14)10-16-18(23)20(19(24)25-16)9-5-8-17(21)22/h3-4,6-7,10-11H,5,8-9H2,1-2H3,(H,21,22)/b16-10-. The smallest absolute Gasteiger partial charge is 0.303 e. The molecule has 2 aliphatic rings. The molecule has 0 saturated carbocycles. The number of hydrogen-bond donors (Lipinski definition) is 1. The highest BCUT2D eigenvalue weighted by atomic mass is 32.2. The van der Waals surface area contributed by atoms with E-state index in [0.717, 1.165) is 5.57 Å². The van der Waals surface area contributed by atoms with Gasteiger partial charge < -0.3 is 5.11 Å². The van der Waals surface area contributed by atoms with Crippen LogP contribution in [-0.4, -0.2) is 32.7 Å². The average Bonchev–Trinajstić information content (AvgIpc) is 2.98. The van der Waals surface area contributed by atoms with Gasteiger partial charge in [0.15, 0.2) is 0 Å². The van der Waals surface area contributed by atoms with Crippen LogP contribution in [0.4, 0.5) is 0 Å². The van der Waals surface area contributed by atoms with Crippen molar-refractivity contribution in [2.45, 2.75) is 32.6 Å². The molecule has 1 heterocycles. The van der Waals surface area contributed by atoms with E-state index in [2.05, 4.69) is 26.0 Å². The van der Waals surface area contributed by atoms with E-state index >= 15 is 0 Å². The summed E-state index contributed by atoms with van der Waals surface area (Å²) in [6, 6.07) is 8.26. The first-order chi connectivity index (χ1) is 11.9. The number of carbonyl (C=O) groups is 2. The lowest BCUT2D eigenvalue weighted by Gasteiger charge is -2.13. The minimum atomic E-state index is -0.863. The van der Waals surface area contributed by atoms with E-state index in [1.807, 2.05) is 18.2 Å². The Morgan fingerprint density at radius 2 is 2.12 bits per heavy atom. The maximum Gasteiger partial charge on any atom is 0.303 e. The predicted octanol–water partition coefficient (Wildman–Crippen LogP) is 4.19. The van der Waals surface area contributed by atoms with Gasteiger partial charge in [0, 0.05) is 18.9 Å². The second kappa shape index (κ2) is 7.14. The van der Waals surface area contributed by atoms with Crippen molar-refractivity contribution in [2.24, 2.45) is 0 Å². The predicted molar refractivity (Wildman–Crippen MR) is 104 cm³/mol. The molecule has 1 amide bonds. The molecule has 1 aromatic rings. The highest BCUT2D eigenvalue weighted by Gasteiger charge is 2.33. The molecule has 1 aliphatic heterocycles. The molecule has 1 atom stereocenters. The molecule has 4 nitrogen and oxygen atoms in total. The molecule has 1 N–H and O–H groups in total. The first kappa shape index (κ1) is 17.9. The minimum absolute atomic E-state index is 0.0330. The van der Waals surface area contributed by atoms with Gasteiger partial charge in [-0.05, 0) is 36.1 Å². The summed E-state index contributed by atoms with van der Waals surface area (Å²) >= 11 is 6.60. The summed E-state index contributed by atoms with van der Waals surface area (Å²) in [7, 11) is 0. The summed E-state index contributed by atoms with van der Waals surface area (Å²) in [4.78, 5) is 25.4. The molecule has 130 valence electrons. The Bertz CT molecular complexity index is 826. The van der Waals surface area contributed by atoms with Crippen LogP contribution in [-0.2, 0) is 9.59 Å². The number of thioether (sulfide) groups is 1. The molecular formula is C19H19NO3S2. The zero-order valence-corrected chi connectivity index (χ0v) is 15.7. The Balaban J connectivity index is 1.84. The summed E-state index contributed by atoms with van der Waals surface area (Å²) in [5, 5.41) is 8.75. The van der Waals surface area contributed by atoms with Crippen LogP contribution in [0.5, 0.6) is 0 Å². The number of thiocarbonyl (C=S) groups is 1. The Hall–Kier alpha value is -1.92. The van der Waals surface area contributed by atoms with E-state index < -0.39 is 5.97 Å². The van der Waals surface area contributed by atoms with Crippen molar-refractivity contribution < 1.29 is 14.7 Å². The quantitative estimate of drug-likeness (QED) is 0.620. The molecule has 3 rings (SSSR count). The molecule has 1 saturated heterocycles. The van der Waals surface area contributed by atoms with Crippen LogP contribution < -0.4 is 0 Å². The highest BCUT2D eigenvalue weighted by Crippen LogP contribution is 2.44. The fourth-order valence-electron chi connectivity index (χ4n) is 3.20. The van der Waals surface area contributed by atoms with Crippen LogP contribution in [0.3, 0.4) is 0 Å². The molecule has 1 aromatic carbocycles. The summed E-state index contributed by atoms with van der Waals surface area (Å²) in [6.07, 6.45) is 2.37. The SMILES string of the molecule is CC1=C(/C=C2\SC(=S)N(CCCC(=O)O)C2=O)c2ccccc2C1C. The maximum atomic E-state index is 12.7. The molecule has 6 heteroatoms. The van der Waals surface area contributed by atoms with E-state index in [0.29, 0.717) is 28.1 Å². The van der Waals surface area contributed by atoms with E-state index in [1.54, 1.807) is 0 Å². The molecule has 1 fully saturated rings. The Morgan fingerprint density at radius 3 is 2.84 bits per heavy atom. The van der Waals surface area contributed by atoms with Crippen LogP contribution in [0, 0.1) is 0 Å². The number of aliphatic carboxylic acids is 1. The topological polar surface area (TPSA) is 57.6 Å². The molecule has 1 unspecified atom stereocenters. The number of carbonyl (C=O) groups excluding carboxylic acids is 1. The summed E-state index contributed by atoms with van der Waals surface area (Å²) in [6.45, 7) is 4.62. The molecule has 0 aromatic heterocycles. The fourth-order valence-corrected chi connectivity index (χ4v) is 4.49. The van der Waals surface area contributed by atoms with Crippen LogP contribution in [0.15, 0.2) is 40.8 Å². The molecule has 1 aliphatic carbocycles. The number of carboxylic acids is 1. The first-order valence-electron chi connectivity index (χ1n) is 8.17. The molecule has 0 spiro atoms. The lowest BCUT2D eigenvalue weighted by Crippen LogP contribution is -2.29. The second-order valence-electron chi connectivity index (χ2n) is 6.24. The van der Waals surface area contributed by atoms with Crippen molar-refractivity contribution in [1.82, 2.24) is 4.90 Å². The summed E-state index contributed by atoms with van der Waals surface area (Å²) < 4.78 is 0.499. The van der Waals surface area contributed by atoms with E-state index in [1.165, 1.54) is 33.4 Å². The summed E-state index contributed by atoms with van der Waals surface area (Å²) in [5.74, 6) is -0.654. The third kappa shape index (κ3) is 3.41. The largest absolute Gasteiger partial charge is 0.481 e. The number of hydrogen-bond acceptors (Lipinski definition) is 4. The Kier molecular flexibility index (Phi) is 5.11. The van der Waals surface area contributed by atoms with Crippen molar-refractivity contribution in [1.29, 1.82) is 0 Å². The fraction of sp³-hybridized carbons (Fsp3) is 0.316. The lowest BCUT2D eigenvalue weighted by molar-refractivity contribution is -0.137. The van der Waals surface area contributed by atoms with Gasteiger partial charge in [0.25, 0.3) is 5.91 Å². The van der Waals surface area contributed by atoms with Crippen molar-refractivity contribution >= 4 is 45.7 Å². The van der Waals surface area contributed by atoms with Crippen molar-refractivity contribution in [3.63, 3.8) is 0 Å². The van der Waals surface area contributed by atoms with Gasteiger partial charge in [0.1, 0.15) is 4.32 Å². The van der Waals surface area contributed by atoms with Gasteiger partial charge in [-0.1, -0.05) is 60.7 Å². The first-order valence-corrected chi connectivity index (χ1v) is 9.40. The van der Waals surface area contributed by atoms with Crippen molar-refractivity contribution in [2.75, 3.05) is 6.54 Å². The van der Waals surface area contributed by atoms with E-state index in [9.17, 15) is 9.59 Å². The Labute approximate surface area is 156 Å². The number of nitrogens with zero attached hydrogens (tertiary/aromatic N) is 1. The number of fused-ring (bicyclic) bond motifs is 1. The van der Waals surface area contributed by atoms with Crippen molar-refractivity contribution in [3.05, 3.63) is 51.9 Å². The Morgan fingerprint density at radius 1 is 1.40 bits per heavy atom. The van der Waals surface area contributed by atoms with Gasteiger partial charge in [0.2, 0.25) is 0 Å². The van der Waals surface area contributed by atoms with Crippen LogP contribution >= 0.6 is 24.0 Å². The lowest BCUT2D eigenvalue weighted by atomic mass is 9.99. The van der Waals surface area contributed by atoms with Crippen LogP contribution in [0.25, 0.3) is 5.57 Å². The van der Waals surface area contributed by atoms with Gasteiger partial charge in [-0.15, -0.1) is 0 Å². The maximum absolute atomic E-state index is 12.7. The number of rotatable bonds is 5. The number of allylic oxidation sites excluding steroid dienone is 3.